The zero-order chi connectivity index (χ0) is 14.2. The highest BCUT2D eigenvalue weighted by atomic mass is 16.3. The Hall–Kier alpha value is -2.63. The Morgan fingerprint density at radius 1 is 0.947 bits per heavy atom. The molecule has 1 aliphatic carbocycles. The lowest BCUT2D eigenvalue weighted by molar-refractivity contribution is -0.117. The number of carbonyl (C=O) groups is 1. The van der Waals surface area contributed by atoms with Crippen LogP contribution in [0.2, 0.25) is 0 Å². The number of Topliss-reactive ketones (excluding diaryl/α,β-unsaturated/α-hetero) is 1. The maximum atomic E-state index is 11.1. The number of carbonyl (C=O) groups excluding carboxylic acids is 1. The molecule has 6 heteroatoms. The van der Waals surface area contributed by atoms with E-state index in [1.807, 2.05) is 0 Å². The van der Waals surface area contributed by atoms with Crippen molar-refractivity contribution in [2.24, 2.45) is 0 Å². The predicted octanol–water partition coefficient (Wildman–Crippen LogP) is 1.57. The van der Waals surface area contributed by atoms with E-state index in [1.54, 1.807) is 0 Å². The number of aliphatic hydroxyl groups excluding tert-OH is 2. The van der Waals surface area contributed by atoms with Gasteiger partial charge in [-0.25, -0.2) is 0 Å². The monoisotopic (exact) mass is 264 g/mol. The van der Waals surface area contributed by atoms with Crippen LogP contribution < -0.4 is 0 Å². The van der Waals surface area contributed by atoms with Crippen molar-refractivity contribution in [3.8, 4) is 17.2 Å². The molecule has 1 aromatic carbocycles. The average molecular weight is 264 g/mol. The molecule has 1 aromatic rings. The molecule has 0 atom stereocenters. The van der Waals surface area contributed by atoms with Crippen molar-refractivity contribution in [1.82, 2.24) is 0 Å². The molecule has 5 N–H and O–H groups in total. The second-order valence-corrected chi connectivity index (χ2v) is 4.17. The number of benzene rings is 1. The van der Waals surface area contributed by atoms with Gasteiger partial charge < -0.3 is 25.5 Å². The summed E-state index contributed by atoms with van der Waals surface area (Å²) >= 11 is 0. The molecule has 0 aromatic heterocycles. The van der Waals surface area contributed by atoms with Crippen molar-refractivity contribution in [3.05, 3.63) is 40.9 Å². The van der Waals surface area contributed by atoms with Gasteiger partial charge in [-0.3, -0.25) is 4.79 Å². The van der Waals surface area contributed by atoms with Gasteiger partial charge in [-0.15, -0.1) is 0 Å². The van der Waals surface area contributed by atoms with E-state index in [0.29, 0.717) is 0 Å². The van der Waals surface area contributed by atoms with Gasteiger partial charge in [0.1, 0.15) is 0 Å². The lowest BCUT2D eigenvalue weighted by atomic mass is 9.95. The lowest BCUT2D eigenvalue weighted by Crippen LogP contribution is -2.12. The molecule has 2 rings (SSSR count). The van der Waals surface area contributed by atoms with Gasteiger partial charge in [-0.2, -0.15) is 0 Å². The van der Waals surface area contributed by atoms with Gasteiger partial charge in [0.2, 0.25) is 17.3 Å². The van der Waals surface area contributed by atoms with Crippen LogP contribution in [0.15, 0.2) is 35.3 Å². The van der Waals surface area contributed by atoms with Gasteiger partial charge in [-0.05, 0) is 11.6 Å². The second-order valence-electron chi connectivity index (χ2n) is 4.17. The third-order valence-corrected chi connectivity index (χ3v) is 2.92. The summed E-state index contributed by atoms with van der Waals surface area (Å²) in [6, 6.07) is 2.56. The Balaban J connectivity index is 2.33. The van der Waals surface area contributed by atoms with E-state index >= 15 is 0 Å². The van der Waals surface area contributed by atoms with Crippen molar-refractivity contribution in [1.29, 1.82) is 0 Å². The molecule has 0 saturated carbocycles. The van der Waals surface area contributed by atoms with E-state index in [4.69, 9.17) is 0 Å². The third-order valence-electron chi connectivity index (χ3n) is 2.92. The zero-order valence-corrected chi connectivity index (χ0v) is 9.79. The van der Waals surface area contributed by atoms with E-state index in [-0.39, 0.29) is 24.0 Å². The minimum absolute atomic E-state index is 0.00282. The molecule has 0 amide bonds. The summed E-state index contributed by atoms with van der Waals surface area (Å²) in [6.07, 6.45) is 1.39. The number of aliphatic hydroxyl groups is 2. The van der Waals surface area contributed by atoms with E-state index < -0.39 is 34.6 Å². The fourth-order valence-corrected chi connectivity index (χ4v) is 1.81. The Bertz CT molecular complexity index is 612. The van der Waals surface area contributed by atoms with Crippen LogP contribution in [0, 0.1) is 0 Å². The van der Waals surface area contributed by atoms with Crippen molar-refractivity contribution >= 4 is 5.78 Å². The van der Waals surface area contributed by atoms with Crippen molar-refractivity contribution in [2.75, 3.05) is 0 Å². The minimum Gasteiger partial charge on any atom is -0.504 e. The molecule has 0 bridgehead atoms. The highest BCUT2D eigenvalue weighted by molar-refractivity contribution is 5.96. The number of hydrogen-bond donors (Lipinski definition) is 5. The molecule has 0 fully saturated rings. The van der Waals surface area contributed by atoms with Crippen molar-refractivity contribution < 1.29 is 30.3 Å². The Labute approximate surface area is 108 Å². The van der Waals surface area contributed by atoms with Gasteiger partial charge in [0.05, 0.1) is 0 Å². The SMILES string of the molecule is O=C1CC=C(Cc2ccc(O)c(O)c2O)C(O)=C1O. The zero-order valence-electron chi connectivity index (χ0n) is 9.79. The molecule has 0 saturated heterocycles. The summed E-state index contributed by atoms with van der Waals surface area (Å²) in [4.78, 5) is 11.1. The predicted molar refractivity (Wildman–Crippen MR) is 65.1 cm³/mol. The van der Waals surface area contributed by atoms with Crippen molar-refractivity contribution in [3.63, 3.8) is 0 Å². The molecule has 0 heterocycles. The Morgan fingerprint density at radius 3 is 2.32 bits per heavy atom. The summed E-state index contributed by atoms with van der Waals surface area (Å²) in [5, 5.41) is 47.2. The first kappa shape index (κ1) is 12.8. The fraction of sp³-hybridized carbons (Fsp3) is 0.154. The third kappa shape index (κ3) is 2.20. The van der Waals surface area contributed by atoms with Crippen LogP contribution in [0.5, 0.6) is 17.2 Å². The smallest absolute Gasteiger partial charge is 0.204 e. The van der Waals surface area contributed by atoms with E-state index in [1.165, 1.54) is 18.2 Å². The summed E-state index contributed by atoms with van der Waals surface area (Å²) in [7, 11) is 0. The maximum Gasteiger partial charge on any atom is 0.204 e. The van der Waals surface area contributed by atoms with E-state index in [0.717, 1.165) is 0 Å². The summed E-state index contributed by atoms with van der Waals surface area (Å²) in [6.45, 7) is 0. The first-order valence-corrected chi connectivity index (χ1v) is 5.49. The van der Waals surface area contributed by atoms with Crippen LogP contribution in [-0.2, 0) is 11.2 Å². The molecule has 0 spiro atoms. The van der Waals surface area contributed by atoms with E-state index in [9.17, 15) is 30.3 Å². The normalized spacial score (nSPS) is 15.6. The summed E-state index contributed by atoms with van der Waals surface area (Å²) in [5.74, 6) is -3.46. The quantitative estimate of drug-likeness (QED) is 0.517. The number of aromatic hydroxyl groups is 3. The molecule has 19 heavy (non-hydrogen) atoms. The Kier molecular flexibility index (Phi) is 3.08. The van der Waals surface area contributed by atoms with Crippen LogP contribution in [-0.4, -0.2) is 31.3 Å². The number of phenols is 3. The molecule has 0 unspecified atom stereocenters. The molecule has 1 aliphatic rings. The average Bonchev–Trinajstić information content (AvgIpc) is 2.39. The number of rotatable bonds is 2. The van der Waals surface area contributed by atoms with Gasteiger partial charge in [-0.1, -0.05) is 12.1 Å². The van der Waals surface area contributed by atoms with Crippen LogP contribution in [0.4, 0.5) is 0 Å². The first-order valence-electron chi connectivity index (χ1n) is 5.49. The van der Waals surface area contributed by atoms with Gasteiger partial charge in [0, 0.05) is 18.4 Å². The molecule has 0 radical (unpaired) electrons. The van der Waals surface area contributed by atoms with Crippen molar-refractivity contribution in [2.45, 2.75) is 12.8 Å². The van der Waals surface area contributed by atoms with Gasteiger partial charge >= 0.3 is 0 Å². The van der Waals surface area contributed by atoms with Crippen LogP contribution in [0.3, 0.4) is 0 Å². The molecule has 6 nitrogen and oxygen atoms in total. The highest BCUT2D eigenvalue weighted by Crippen LogP contribution is 2.38. The molecule has 0 aliphatic heterocycles. The van der Waals surface area contributed by atoms with Crippen LogP contribution >= 0.6 is 0 Å². The van der Waals surface area contributed by atoms with E-state index in [2.05, 4.69) is 0 Å². The Morgan fingerprint density at radius 2 is 1.63 bits per heavy atom. The highest BCUT2D eigenvalue weighted by Gasteiger charge is 2.23. The van der Waals surface area contributed by atoms with Crippen LogP contribution in [0.25, 0.3) is 0 Å². The fourth-order valence-electron chi connectivity index (χ4n) is 1.81. The summed E-state index contributed by atoms with van der Waals surface area (Å²) < 4.78 is 0. The first-order chi connectivity index (χ1) is 8.91. The number of phenolic OH excluding ortho intramolecular Hbond substituents is 3. The minimum atomic E-state index is -0.708. The largest absolute Gasteiger partial charge is 0.504 e. The van der Waals surface area contributed by atoms with Crippen LogP contribution in [0.1, 0.15) is 12.0 Å². The number of hydrogen-bond acceptors (Lipinski definition) is 6. The maximum absolute atomic E-state index is 11.1. The lowest BCUT2D eigenvalue weighted by Gasteiger charge is -2.14. The topological polar surface area (TPSA) is 118 Å². The number of ketones is 1. The summed E-state index contributed by atoms with van der Waals surface area (Å²) in [5.41, 5.74) is 0.507. The standard InChI is InChI=1S/C13H12O6/c14-8-3-1-6(10(16)12(8)18)5-7-2-4-9(15)13(19)11(7)17/h1-3,14,16-19H,4-5H2. The van der Waals surface area contributed by atoms with Gasteiger partial charge in [0.15, 0.2) is 17.3 Å². The molecule has 100 valence electrons. The van der Waals surface area contributed by atoms with Gasteiger partial charge in [0.25, 0.3) is 0 Å². The molecular formula is C13H12O6. The second kappa shape index (κ2) is 4.56. The molecular weight excluding hydrogens is 252 g/mol. The number of allylic oxidation sites excluding steroid dienone is 3.